The predicted molar refractivity (Wildman–Crippen MR) is 152 cm³/mol. The number of anilines is 3. The second-order valence-corrected chi connectivity index (χ2v) is 9.81. The summed E-state index contributed by atoms with van der Waals surface area (Å²) >= 11 is 0. The Hall–Kier alpha value is -3.71. The summed E-state index contributed by atoms with van der Waals surface area (Å²) in [6.07, 6.45) is 7.89. The molecule has 7 nitrogen and oxygen atoms in total. The molecule has 1 aromatic heterocycles. The van der Waals surface area contributed by atoms with Gasteiger partial charge in [-0.3, -0.25) is 4.90 Å². The molecule has 5 rings (SSSR count). The molecule has 0 radical (unpaired) electrons. The van der Waals surface area contributed by atoms with Crippen LogP contribution in [0.15, 0.2) is 73.8 Å². The first-order valence-electron chi connectivity index (χ1n) is 13.3. The molecule has 2 heterocycles. The summed E-state index contributed by atoms with van der Waals surface area (Å²) in [7, 11) is 2.31. The molecule has 192 valence electrons. The normalized spacial score (nSPS) is 16.0. The van der Waals surface area contributed by atoms with Gasteiger partial charge in [0, 0.05) is 32.2 Å². The van der Waals surface area contributed by atoms with Crippen molar-refractivity contribution in [1.29, 1.82) is 0 Å². The lowest BCUT2D eigenvalue weighted by Crippen LogP contribution is -2.45. The van der Waals surface area contributed by atoms with E-state index in [2.05, 4.69) is 94.2 Å². The van der Waals surface area contributed by atoms with Crippen molar-refractivity contribution in [2.24, 2.45) is 0 Å². The lowest BCUT2D eigenvalue weighted by atomic mass is 9.91. The maximum atomic E-state index is 4.70. The highest BCUT2D eigenvalue weighted by molar-refractivity contribution is 5.46. The van der Waals surface area contributed by atoms with Crippen LogP contribution in [0.1, 0.15) is 41.1 Å². The number of aromatic nitrogens is 3. The van der Waals surface area contributed by atoms with Gasteiger partial charge in [0.15, 0.2) is 0 Å². The molecule has 0 atom stereocenters. The molecule has 2 N–H and O–H groups in total. The van der Waals surface area contributed by atoms with E-state index in [9.17, 15) is 0 Å². The van der Waals surface area contributed by atoms with E-state index in [4.69, 9.17) is 9.97 Å². The van der Waals surface area contributed by atoms with Gasteiger partial charge in [-0.25, -0.2) is 0 Å². The minimum atomic E-state index is 0.271. The Kier molecular flexibility index (Phi) is 7.80. The van der Waals surface area contributed by atoms with Crippen LogP contribution < -0.4 is 15.5 Å². The van der Waals surface area contributed by atoms with Crippen molar-refractivity contribution in [3.8, 4) is 0 Å². The van der Waals surface area contributed by atoms with Crippen LogP contribution in [0, 0.1) is 0 Å². The minimum absolute atomic E-state index is 0.271. The molecule has 2 aliphatic rings. The molecule has 1 aliphatic carbocycles. The van der Waals surface area contributed by atoms with Crippen LogP contribution in [0.3, 0.4) is 0 Å². The van der Waals surface area contributed by atoms with Gasteiger partial charge in [-0.05, 0) is 55.0 Å². The smallest absolute Gasteiger partial charge is 0.231 e. The quantitative estimate of drug-likeness (QED) is 0.411. The average molecular weight is 496 g/mol. The summed E-state index contributed by atoms with van der Waals surface area (Å²) < 4.78 is 0. The largest absolute Gasteiger partial charge is 0.351 e. The van der Waals surface area contributed by atoms with Gasteiger partial charge in [-0.15, -0.1) is 13.2 Å². The van der Waals surface area contributed by atoms with E-state index in [0.29, 0.717) is 37.0 Å². The number of hydrogen-bond acceptors (Lipinski definition) is 7. The molecule has 2 aromatic carbocycles. The van der Waals surface area contributed by atoms with Crippen LogP contribution in [-0.2, 0) is 12.8 Å². The molecule has 0 bridgehead atoms. The summed E-state index contributed by atoms with van der Waals surface area (Å²) in [6.45, 7) is 10.6. The third-order valence-corrected chi connectivity index (χ3v) is 7.53. The van der Waals surface area contributed by atoms with Gasteiger partial charge in [0.1, 0.15) is 0 Å². The van der Waals surface area contributed by atoms with Gasteiger partial charge >= 0.3 is 0 Å². The summed E-state index contributed by atoms with van der Waals surface area (Å²) in [5.41, 5.74) is 5.84. The van der Waals surface area contributed by atoms with E-state index in [0.717, 1.165) is 38.8 Å². The molecule has 1 aliphatic heterocycles. The number of nitrogens with one attached hydrogen (secondary N) is 2. The van der Waals surface area contributed by atoms with Crippen LogP contribution >= 0.6 is 0 Å². The Balaban J connectivity index is 1.35. The standard InChI is InChI=1S/C30H37N7/c1-4-18-31-28-33-29(32-19-5-2)35-30(34-28)37-20-16-24(17-21-37)36(3)27-25-12-8-6-10-22(25)14-15-23-11-7-9-13-26(23)27/h4-13,24,27H,1-2,14-21H2,3H3,(H2,31,32,33,34,35). The van der Waals surface area contributed by atoms with Crippen LogP contribution in [0.5, 0.6) is 0 Å². The van der Waals surface area contributed by atoms with E-state index in [1.165, 1.54) is 22.3 Å². The predicted octanol–water partition coefficient (Wildman–Crippen LogP) is 4.86. The maximum absolute atomic E-state index is 4.70. The zero-order chi connectivity index (χ0) is 25.6. The second-order valence-electron chi connectivity index (χ2n) is 9.81. The zero-order valence-corrected chi connectivity index (χ0v) is 21.7. The fourth-order valence-corrected chi connectivity index (χ4v) is 5.61. The molecule has 37 heavy (non-hydrogen) atoms. The number of piperidine rings is 1. The number of fused-ring (bicyclic) bond motifs is 2. The van der Waals surface area contributed by atoms with E-state index >= 15 is 0 Å². The lowest BCUT2D eigenvalue weighted by Gasteiger charge is -2.41. The highest BCUT2D eigenvalue weighted by Gasteiger charge is 2.33. The Morgan fingerprint density at radius 3 is 1.86 bits per heavy atom. The van der Waals surface area contributed by atoms with Gasteiger partial charge in [0.25, 0.3) is 0 Å². The fraction of sp³-hybridized carbons (Fsp3) is 0.367. The van der Waals surface area contributed by atoms with Gasteiger partial charge in [-0.1, -0.05) is 60.7 Å². The maximum Gasteiger partial charge on any atom is 0.231 e. The molecule has 0 spiro atoms. The van der Waals surface area contributed by atoms with E-state index in [1.54, 1.807) is 12.2 Å². The van der Waals surface area contributed by atoms with Crippen molar-refractivity contribution in [2.45, 2.75) is 37.8 Å². The number of nitrogens with zero attached hydrogens (tertiary/aromatic N) is 5. The summed E-state index contributed by atoms with van der Waals surface area (Å²) in [5, 5.41) is 6.41. The first-order valence-corrected chi connectivity index (χ1v) is 13.3. The van der Waals surface area contributed by atoms with Crippen LogP contribution in [-0.4, -0.2) is 59.1 Å². The summed E-state index contributed by atoms with van der Waals surface area (Å²) in [4.78, 5) is 18.8. The minimum Gasteiger partial charge on any atom is -0.351 e. The summed E-state index contributed by atoms with van der Waals surface area (Å²) in [5.74, 6) is 1.82. The van der Waals surface area contributed by atoms with E-state index in [-0.39, 0.29) is 6.04 Å². The third kappa shape index (κ3) is 5.52. The summed E-state index contributed by atoms with van der Waals surface area (Å²) in [6, 6.07) is 18.7. The zero-order valence-electron chi connectivity index (χ0n) is 21.7. The van der Waals surface area contributed by atoms with Crippen LogP contribution in [0.2, 0.25) is 0 Å². The van der Waals surface area contributed by atoms with Crippen LogP contribution in [0.4, 0.5) is 17.8 Å². The first-order chi connectivity index (χ1) is 18.2. The molecule has 1 saturated heterocycles. The molecule has 0 unspecified atom stereocenters. The van der Waals surface area contributed by atoms with Gasteiger partial charge < -0.3 is 15.5 Å². The molecule has 3 aromatic rings. The Labute approximate surface area is 220 Å². The first kappa shape index (κ1) is 25.0. The molecule has 0 saturated carbocycles. The topological polar surface area (TPSA) is 69.2 Å². The highest BCUT2D eigenvalue weighted by atomic mass is 15.3. The van der Waals surface area contributed by atoms with Crippen molar-refractivity contribution in [3.05, 3.63) is 96.1 Å². The van der Waals surface area contributed by atoms with Crippen LogP contribution in [0.25, 0.3) is 0 Å². The SMILES string of the molecule is C=CCNc1nc(NCC=C)nc(N2CCC(N(C)C3c4ccccc4CCc4ccccc43)CC2)n1. The molecule has 1 fully saturated rings. The molecular formula is C30H37N7. The third-order valence-electron chi connectivity index (χ3n) is 7.53. The van der Waals surface area contributed by atoms with Crippen molar-refractivity contribution < 1.29 is 0 Å². The van der Waals surface area contributed by atoms with Crippen molar-refractivity contribution in [3.63, 3.8) is 0 Å². The monoisotopic (exact) mass is 495 g/mol. The Morgan fingerprint density at radius 1 is 0.838 bits per heavy atom. The lowest BCUT2D eigenvalue weighted by molar-refractivity contribution is 0.169. The highest BCUT2D eigenvalue weighted by Crippen LogP contribution is 2.38. The Morgan fingerprint density at radius 2 is 1.35 bits per heavy atom. The van der Waals surface area contributed by atoms with Gasteiger partial charge in [0.2, 0.25) is 17.8 Å². The van der Waals surface area contributed by atoms with Crippen molar-refractivity contribution in [1.82, 2.24) is 19.9 Å². The number of hydrogen-bond donors (Lipinski definition) is 2. The number of rotatable bonds is 9. The second kappa shape index (κ2) is 11.6. The average Bonchev–Trinajstić information content (AvgIpc) is 3.11. The van der Waals surface area contributed by atoms with Crippen molar-refractivity contribution in [2.75, 3.05) is 48.8 Å². The van der Waals surface area contributed by atoms with Gasteiger partial charge in [0.05, 0.1) is 6.04 Å². The number of aryl methyl sites for hydroxylation is 2. The molecule has 7 heteroatoms. The number of benzene rings is 2. The van der Waals surface area contributed by atoms with E-state index < -0.39 is 0 Å². The van der Waals surface area contributed by atoms with E-state index in [1.807, 2.05) is 0 Å². The van der Waals surface area contributed by atoms with Crippen molar-refractivity contribution >= 4 is 17.8 Å². The fourth-order valence-electron chi connectivity index (χ4n) is 5.61. The van der Waals surface area contributed by atoms with Gasteiger partial charge in [-0.2, -0.15) is 15.0 Å². The molecule has 0 amide bonds. The Bertz CT molecular complexity index is 1150. The molecular weight excluding hydrogens is 458 g/mol.